The van der Waals surface area contributed by atoms with E-state index in [1.54, 1.807) is 6.07 Å². The van der Waals surface area contributed by atoms with Crippen LogP contribution in [0.1, 0.15) is 25.3 Å². The van der Waals surface area contributed by atoms with Gasteiger partial charge >= 0.3 is 0 Å². The van der Waals surface area contributed by atoms with Crippen molar-refractivity contribution in [2.24, 2.45) is 0 Å². The third-order valence-electron chi connectivity index (χ3n) is 3.53. The normalized spacial score (nSPS) is 18.5. The monoisotopic (exact) mass is 264 g/mol. The summed E-state index contributed by atoms with van der Waals surface area (Å²) >= 11 is 0. The van der Waals surface area contributed by atoms with E-state index in [0.717, 1.165) is 31.0 Å². The van der Waals surface area contributed by atoms with E-state index >= 15 is 0 Å². The molecule has 1 aromatic heterocycles. The summed E-state index contributed by atoms with van der Waals surface area (Å²) in [5, 5.41) is 14.2. The zero-order valence-corrected chi connectivity index (χ0v) is 11.4. The molecule has 104 valence electrons. The number of nitro groups is 1. The molecule has 1 aliphatic heterocycles. The Morgan fingerprint density at radius 2 is 2.42 bits per heavy atom. The van der Waals surface area contributed by atoms with Crippen molar-refractivity contribution in [1.29, 1.82) is 0 Å². The molecular weight excluding hydrogens is 244 g/mol. The van der Waals surface area contributed by atoms with Crippen LogP contribution in [0.25, 0.3) is 0 Å². The molecule has 0 aliphatic carbocycles. The Morgan fingerprint density at radius 3 is 2.95 bits per heavy atom. The van der Waals surface area contributed by atoms with E-state index in [4.69, 9.17) is 0 Å². The molecule has 1 aromatic rings. The molecule has 0 radical (unpaired) electrons. The van der Waals surface area contributed by atoms with Gasteiger partial charge in [-0.1, -0.05) is 0 Å². The molecule has 1 N–H and O–H groups in total. The molecule has 6 nitrogen and oxygen atoms in total. The zero-order valence-electron chi connectivity index (χ0n) is 11.4. The van der Waals surface area contributed by atoms with Crippen LogP contribution in [0.15, 0.2) is 12.3 Å². The van der Waals surface area contributed by atoms with Crippen LogP contribution in [0.4, 0.5) is 11.5 Å². The lowest BCUT2D eigenvalue weighted by molar-refractivity contribution is -0.385. The van der Waals surface area contributed by atoms with E-state index in [9.17, 15) is 10.1 Å². The quantitative estimate of drug-likeness (QED) is 0.649. The van der Waals surface area contributed by atoms with Gasteiger partial charge in [-0.25, -0.2) is 4.98 Å². The molecule has 0 amide bonds. The Morgan fingerprint density at radius 1 is 1.63 bits per heavy atom. The molecule has 19 heavy (non-hydrogen) atoms. The molecule has 1 fully saturated rings. The fourth-order valence-electron chi connectivity index (χ4n) is 2.53. The van der Waals surface area contributed by atoms with Gasteiger partial charge in [-0.05, 0) is 38.8 Å². The summed E-state index contributed by atoms with van der Waals surface area (Å²) in [5.41, 5.74) is 0.908. The molecule has 0 aromatic carbocycles. The summed E-state index contributed by atoms with van der Waals surface area (Å²) in [6.07, 6.45) is 3.74. The van der Waals surface area contributed by atoms with Crippen LogP contribution in [0.2, 0.25) is 0 Å². The largest absolute Gasteiger partial charge is 0.355 e. The highest BCUT2D eigenvalue weighted by molar-refractivity contribution is 5.50. The molecule has 1 unspecified atom stereocenters. The van der Waals surface area contributed by atoms with E-state index in [1.165, 1.54) is 19.0 Å². The predicted octanol–water partition coefficient (Wildman–Crippen LogP) is 1.88. The minimum atomic E-state index is -0.404. The van der Waals surface area contributed by atoms with Crippen molar-refractivity contribution in [2.75, 3.05) is 24.5 Å². The molecule has 0 bridgehead atoms. The molecule has 1 atom stereocenters. The standard InChI is InChI=1S/C13H20N4O2/c1-3-16(9-11-5-4-6-14-11)13-10(2)7-12(8-15-13)17(18)19/h7-8,11,14H,3-6,9H2,1-2H3. The van der Waals surface area contributed by atoms with Gasteiger partial charge < -0.3 is 10.2 Å². The Balaban J connectivity index is 2.15. The van der Waals surface area contributed by atoms with E-state index in [0.29, 0.717) is 6.04 Å². The first-order valence-electron chi connectivity index (χ1n) is 6.71. The van der Waals surface area contributed by atoms with Crippen LogP contribution in [0.5, 0.6) is 0 Å². The maximum absolute atomic E-state index is 10.7. The van der Waals surface area contributed by atoms with Gasteiger partial charge in [0.05, 0.1) is 4.92 Å². The van der Waals surface area contributed by atoms with E-state index in [-0.39, 0.29) is 5.69 Å². The average Bonchev–Trinajstić information content (AvgIpc) is 2.89. The maximum atomic E-state index is 10.7. The smallest absolute Gasteiger partial charge is 0.287 e. The molecular formula is C13H20N4O2. The second kappa shape index (κ2) is 5.97. The highest BCUT2D eigenvalue weighted by atomic mass is 16.6. The van der Waals surface area contributed by atoms with Gasteiger partial charge in [0, 0.05) is 25.2 Å². The van der Waals surface area contributed by atoms with Gasteiger partial charge in [0.2, 0.25) is 0 Å². The number of rotatable bonds is 5. The third-order valence-corrected chi connectivity index (χ3v) is 3.53. The number of likely N-dealkylation sites (N-methyl/N-ethyl adjacent to an activating group) is 1. The van der Waals surface area contributed by atoms with Crippen molar-refractivity contribution in [1.82, 2.24) is 10.3 Å². The summed E-state index contributed by atoms with van der Waals surface area (Å²) < 4.78 is 0. The van der Waals surface area contributed by atoms with Crippen LogP contribution < -0.4 is 10.2 Å². The number of pyridine rings is 1. The third kappa shape index (κ3) is 3.20. The fraction of sp³-hybridized carbons (Fsp3) is 0.615. The number of nitrogens with zero attached hydrogens (tertiary/aromatic N) is 3. The van der Waals surface area contributed by atoms with Crippen molar-refractivity contribution >= 4 is 11.5 Å². The topological polar surface area (TPSA) is 71.3 Å². The van der Waals surface area contributed by atoms with Crippen LogP contribution in [-0.2, 0) is 0 Å². The zero-order chi connectivity index (χ0) is 13.8. The summed E-state index contributed by atoms with van der Waals surface area (Å²) in [6.45, 7) is 6.79. The van der Waals surface area contributed by atoms with Gasteiger partial charge in [0.15, 0.2) is 0 Å². The minimum Gasteiger partial charge on any atom is -0.355 e. The van der Waals surface area contributed by atoms with Crippen molar-refractivity contribution < 1.29 is 4.92 Å². The fourth-order valence-corrected chi connectivity index (χ4v) is 2.53. The Bertz CT molecular complexity index is 458. The highest BCUT2D eigenvalue weighted by Crippen LogP contribution is 2.22. The van der Waals surface area contributed by atoms with Crippen LogP contribution in [0.3, 0.4) is 0 Å². The molecule has 2 rings (SSSR count). The van der Waals surface area contributed by atoms with Crippen molar-refractivity contribution in [3.63, 3.8) is 0 Å². The Hall–Kier alpha value is -1.69. The first kappa shape index (κ1) is 13.7. The first-order chi connectivity index (χ1) is 9.11. The van der Waals surface area contributed by atoms with E-state index in [1.807, 2.05) is 6.92 Å². The molecule has 2 heterocycles. The number of hydrogen-bond donors (Lipinski definition) is 1. The first-order valence-corrected chi connectivity index (χ1v) is 6.71. The van der Waals surface area contributed by atoms with Crippen molar-refractivity contribution in [3.8, 4) is 0 Å². The average molecular weight is 264 g/mol. The number of aryl methyl sites for hydroxylation is 1. The Kier molecular flexibility index (Phi) is 4.31. The van der Waals surface area contributed by atoms with Gasteiger partial charge in [-0.3, -0.25) is 10.1 Å². The summed E-state index contributed by atoms with van der Waals surface area (Å²) in [4.78, 5) is 16.8. The van der Waals surface area contributed by atoms with Crippen molar-refractivity contribution in [2.45, 2.75) is 32.7 Å². The lowest BCUT2D eigenvalue weighted by Crippen LogP contribution is -2.38. The van der Waals surface area contributed by atoms with E-state index < -0.39 is 4.92 Å². The number of aromatic nitrogens is 1. The SMILES string of the molecule is CCN(CC1CCCN1)c1ncc([N+](=O)[O-])cc1C. The molecule has 0 spiro atoms. The van der Waals surface area contributed by atoms with Crippen LogP contribution in [-0.4, -0.2) is 35.6 Å². The maximum Gasteiger partial charge on any atom is 0.287 e. The number of anilines is 1. The number of nitrogens with one attached hydrogen (secondary N) is 1. The second-order valence-corrected chi connectivity index (χ2v) is 4.92. The van der Waals surface area contributed by atoms with Gasteiger partial charge in [0.25, 0.3) is 5.69 Å². The minimum absolute atomic E-state index is 0.0521. The second-order valence-electron chi connectivity index (χ2n) is 4.92. The summed E-state index contributed by atoms with van der Waals surface area (Å²) in [5.74, 6) is 0.849. The van der Waals surface area contributed by atoms with Gasteiger partial charge in [0.1, 0.15) is 12.0 Å². The van der Waals surface area contributed by atoms with Crippen LogP contribution in [0, 0.1) is 17.0 Å². The highest BCUT2D eigenvalue weighted by Gasteiger charge is 2.20. The molecule has 6 heteroatoms. The summed E-state index contributed by atoms with van der Waals surface area (Å²) in [7, 11) is 0. The molecule has 1 aliphatic rings. The molecule has 1 saturated heterocycles. The Labute approximate surface area is 113 Å². The predicted molar refractivity (Wildman–Crippen MR) is 74.5 cm³/mol. The van der Waals surface area contributed by atoms with Gasteiger partial charge in [-0.15, -0.1) is 0 Å². The lowest BCUT2D eigenvalue weighted by atomic mass is 10.2. The summed E-state index contributed by atoms with van der Waals surface area (Å²) in [6, 6.07) is 2.09. The van der Waals surface area contributed by atoms with Crippen molar-refractivity contribution in [3.05, 3.63) is 27.9 Å². The van der Waals surface area contributed by atoms with Crippen LogP contribution >= 0.6 is 0 Å². The van der Waals surface area contributed by atoms with E-state index in [2.05, 4.69) is 22.1 Å². The number of hydrogen-bond acceptors (Lipinski definition) is 5. The molecule has 0 saturated carbocycles. The van der Waals surface area contributed by atoms with Gasteiger partial charge in [-0.2, -0.15) is 0 Å². The lowest BCUT2D eigenvalue weighted by Gasteiger charge is -2.26.